The molecule has 60 heavy (non-hydrogen) atoms. The summed E-state index contributed by atoms with van der Waals surface area (Å²) in [6.07, 6.45) is 4.55. The van der Waals surface area contributed by atoms with Gasteiger partial charge in [-0.05, 0) is 69.8 Å². The second-order valence-electron chi connectivity index (χ2n) is 15.4. The average Bonchev–Trinajstić information content (AvgIpc) is 3.75. The van der Waals surface area contributed by atoms with E-state index in [1.807, 2.05) is 25.6 Å². The van der Waals surface area contributed by atoms with Crippen LogP contribution in [0.5, 0.6) is 0 Å². The average molecular weight is 889 g/mol. The third kappa shape index (κ3) is 19.4. The van der Waals surface area contributed by atoms with Crippen LogP contribution in [-0.2, 0) is 38.4 Å². The van der Waals surface area contributed by atoms with Gasteiger partial charge >= 0.3 is 6.03 Å². The highest BCUT2D eigenvalue weighted by Gasteiger charge is 2.42. The Labute approximate surface area is 358 Å². The Bertz CT molecular complexity index is 1490. The summed E-state index contributed by atoms with van der Waals surface area (Å²) in [5.41, 5.74) is 6.96. The lowest BCUT2D eigenvalue weighted by atomic mass is 9.92. The third-order valence-electron chi connectivity index (χ3n) is 9.86. The summed E-state index contributed by atoms with van der Waals surface area (Å²) >= 11 is 3.23. The maximum Gasteiger partial charge on any atom is 0.315 e. The van der Waals surface area contributed by atoms with Crippen LogP contribution in [0.25, 0.3) is 0 Å². The zero-order chi connectivity index (χ0) is 44.8. The standard InChI is InChI=1S/C37H64N10O11S2/c1-20(2)15-22(16-28(50)47-58)34(54)43-24(12-14-59-4)35(55)45-31(21(3)48)36(56)41-17-29(51)40-18-30(52)42-23(33(38)53)9-7-8-13-39-27(49)11-6-5-10-26-32-25(19-60-26)44-37(57)46-32/h20-26,31-32,48,58H,5-19H2,1-4H3,(H2,38,53)(H,39,49)(H,40,51)(H,41,56)(H,42,52)(H,43,54)(H,45,55)(H,47,50)(H2,44,46,57)/t21-,22?,23+,24+,25+,26+,31+,32+/m1/s1. The van der Waals surface area contributed by atoms with Gasteiger partial charge in [0.1, 0.15) is 18.1 Å². The van der Waals surface area contributed by atoms with Gasteiger partial charge in [-0.15, -0.1) is 0 Å². The molecular formula is C37H64N10O11S2. The summed E-state index contributed by atoms with van der Waals surface area (Å²) < 4.78 is 0. The normalized spacial score (nSPS) is 19.2. The van der Waals surface area contributed by atoms with Crippen LogP contribution < -0.4 is 53.7 Å². The third-order valence-corrected chi connectivity index (χ3v) is 12.0. The molecule has 0 bridgehead atoms. The number of rotatable bonds is 29. The predicted molar refractivity (Wildman–Crippen MR) is 224 cm³/mol. The van der Waals surface area contributed by atoms with Crippen LogP contribution in [0.15, 0.2) is 0 Å². The Morgan fingerprint density at radius 3 is 2.18 bits per heavy atom. The number of hydroxylamine groups is 1. The number of carbonyl (C=O) groups is 9. The van der Waals surface area contributed by atoms with Gasteiger partial charge in [-0.1, -0.05) is 20.3 Å². The van der Waals surface area contributed by atoms with Crippen LogP contribution in [0.2, 0.25) is 0 Å². The predicted octanol–water partition coefficient (Wildman–Crippen LogP) is -2.14. The number of thioether (sulfide) groups is 2. The molecular weight excluding hydrogens is 825 g/mol. The Morgan fingerprint density at radius 1 is 0.817 bits per heavy atom. The molecule has 0 spiro atoms. The summed E-state index contributed by atoms with van der Waals surface area (Å²) in [5.74, 6) is -4.99. The quantitative estimate of drug-likeness (QED) is 0.0165. The molecule has 13 N–H and O–H groups in total. The molecule has 23 heteroatoms. The molecule has 2 saturated heterocycles. The van der Waals surface area contributed by atoms with Gasteiger partial charge in [0, 0.05) is 36.3 Å². The van der Waals surface area contributed by atoms with Crippen LogP contribution in [0.3, 0.4) is 0 Å². The van der Waals surface area contributed by atoms with E-state index in [0.29, 0.717) is 43.2 Å². The highest BCUT2D eigenvalue weighted by Crippen LogP contribution is 2.33. The maximum atomic E-state index is 13.3. The maximum absolute atomic E-state index is 13.3. The minimum atomic E-state index is -1.53. The van der Waals surface area contributed by atoms with Crippen molar-refractivity contribution in [1.29, 1.82) is 0 Å². The SMILES string of the molecule is CSCC[C@H](NC(=O)C(CC(=O)NO)CC(C)C)C(=O)N[C@H](C(=O)NCC(=O)NCC(=O)N[C@@H](CCCCNC(=O)CCCC[C@@H]1SC[C@@H]2NC(=O)N[C@@H]21)C(N)=O)[C@@H](C)O. The fourth-order valence-electron chi connectivity index (χ4n) is 6.69. The number of primary amides is 1. The van der Waals surface area contributed by atoms with Gasteiger partial charge in [-0.25, -0.2) is 10.3 Å². The molecule has 10 amide bonds. The topological polar surface area (TPSA) is 328 Å². The molecule has 0 aromatic rings. The van der Waals surface area contributed by atoms with Crippen molar-refractivity contribution in [2.45, 2.75) is 127 Å². The summed E-state index contributed by atoms with van der Waals surface area (Å²) in [7, 11) is 0. The van der Waals surface area contributed by atoms with Crippen molar-refractivity contribution in [3.8, 4) is 0 Å². The molecule has 0 aliphatic carbocycles. The summed E-state index contributed by atoms with van der Waals surface area (Å²) in [6, 6.07) is -3.53. The second-order valence-corrected chi connectivity index (χ2v) is 17.6. The molecule has 21 nitrogen and oxygen atoms in total. The highest BCUT2D eigenvalue weighted by molar-refractivity contribution is 8.00. The van der Waals surface area contributed by atoms with E-state index in [1.54, 1.807) is 6.26 Å². The van der Waals surface area contributed by atoms with Gasteiger partial charge in [-0.3, -0.25) is 43.6 Å². The minimum absolute atomic E-state index is 0.0106. The monoisotopic (exact) mass is 888 g/mol. The lowest BCUT2D eigenvalue weighted by Gasteiger charge is -2.26. The van der Waals surface area contributed by atoms with Crippen molar-refractivity contribution in [3.05, 3.63) is 0 Å². The van der Waals surface area contributed by atoms with E-state index in [-0.39, 0.29) is 49.2 Å². The van der Waals surface area contributed by atoms with E-state index < -0.39 is 84.6 Å². The summed E-state index contributed by atoms with van der Waals surface area (Å²) in [5, 5.41) is 40.4. The van der Waals surface area contributed by atoms with Crippen LogP contribution in [0.1, 0.15) is 85.0 Å². The molecule has 0 saturated carbocycles. The van der Waals surface area contributed by atoms with Gasteiger partial charge in [0.15, 0.2) is 0 Å². The van der Waals surface area contributed by atoms with Gasteiger partial charge in [0.25, 0.3) is 0 Å². The van der Waals surface area contributed by atoms with Crippen LogP contribution >= 0.6 is 23.5 Å². The van der Waals surface area contributed by atoms with Crippen molar-refractivity contribution in [3.63, 3.8) is 0 Å². The smallest absolute Gasteiger partial charge is 0.315 e. The van der Waals surface area contributed by atoms with Crippen molar-refractivity contribution >= 4 is 76.8 Å². The molecule has 0 aromatic carbocycles. The van der Waals surface area contributed by atoms with E-state index in [1.165, 1.54) is 24.2 Å². The Hall–Kier alpha value is -4.35. The number of hydrogen-bond acceptors (Lipinski definition) is 13. The van der Waals surface area contributed by atoms with Gasteiger partial charge in [-0.2, -0.15) is 23.5 Å². The van der Waals surface area contributed by atoms with Crippen LogP contribution in [0.4, 0.5) is 4.79 Å². The number of carbonyl (C=O) groups excluding carboxylic acids is 9. The number of urea groups is 1. The van der Waals surface area contributed by atoms with E-state index in [9.17, 15) is 48.3 Å². The molecule has 2 rings (SSSR count). The number of nitrogens with one attached hydrogen (secondary N) is 9. The number of hydrogen-bond donors (Lipinski definition) is 12. The van der Waals surface area contributed by atoms with Crippen molar-refractivity contribution in [2.75, 3.05) is 37.4 Å². The first kappa shape index (κ1) is 51.8. The Balaban J connectivity index is 1.72. The van der Waals surface area contributed by atoms with E-state index >= 15 is 0 Å². The number of aliphatic hydroxyl groups is 1. The highest BCUT2D eigenvalue weighted by atomic mass is 32.2. The van der Waals surface area contributed by atoms with Gasteiger partial charge < -0.3 is 53.4 Å². The van der Waals surface area contributed by atoms with Gasteiger partial charge in [0.05, 0.1) is 31.3 Å². The first-order valence-corrected chi connectivity index (χ1v) is 22.7. The molecule has 2 aliphatic rings. The molecule has 340 valence electrons. The molecule has 8 atom stereocenters. The molecule has 2 fully saturated rings. The van der Waals surface area contributed by atoms with Crippen molar-refractivity contribution in [1.82, 2.24) is 48.0 Å². The van der Waals surface area contributed by atoms with Crippen LogP contribution in [0, 0.1) is 11.8 Å². The van der Waals surface area contributed by atoms with Crippen molar-refractivity contribution in [2.24, 2.45) is 17.6 Å². The second kappa shape index (κ2) is 27.5. The molecule has 0 radical (unpaired) electrons. The summed E-state index contributed by atoms with van der Waals surface area (Å²) in [6.45, 7) is 4.12. The van der Waals surface area contributed by atoms with Gasteiger partial charge in [0.2, 0.25) is 47.3 Å². The van der Waals surface area contributed by atoms with E-state index in [2.05, 4.69) is 42.5 Å². The zero-order valence-electron chi connectivity index (χ0n) is 34.8. The molecule has 1 unspecified atom stereocenters. The molecule has 2 heterocycles. The lowest BCUT2D eigenvalue weighted by molar-refractivity contribution is -0.137. The molecule has 2 aliphatic heterocycles. The van der Waals surface area contributed by atoms with E-state index in [4.69, 9.17) is 10.9 Å². The first-order valence-electron chi connectivity index (χ1n) is 20.2. The number of aliphatic hydroxyl groups excluding tert-OH is 1. The Morgan fingerprint density at radius 2 is 1.53 bits per heavy atom. The lowest BCUT2D eigenvalue weighted by Crippen LogP contribution is -2.58. The Kier molecular flexibility index (Phi) is 23.7. The zero-order valence-corrected chi connectivity index (χ0v) is 36.4. The first-order chi connectivity index (χ1) is 28.4. The fraction of sp³-hybridized carbons (Fsp3) is 0.757. The van der Waals surface area contributed by atoms with Crippen LogP contribution in [-0.4, -0.2) is 143 Å². The number of unbranched alkanes of at least 4 members (excludes halogenated alkanes) is 2. The number of fused-ring (bicyclic) bond motifs is 1. The van der Waals surface area contributed by atoms with E-state index in [0.717, 1.165) is 25.0 Å². The molecule has 0 aromatic heterocycles. The number of nitrogens with two attached hydrogens (primary N) is 1. The number of amides is 10. The summed E-state index contributed by atoms with van der Waals surface area (Å²) in [4.78, 5) is 112. The largest absolute Gasteiger partial charge is 0.391 e. The minimum Gasteiger partial charge on any atom is -0.391 e. The fourth-order valence-corrected chi connectivity index (χ4v) is 8.70. The van der Waals surface area contributed by atoms with Crippen molar-refractivity contribution < 1.29 is 53.5 Å².